The van der Waals surface area contributed by atoms with Crippen LogP contribution in [-0.4, -0.2) is 21.4 Å². The zero-order valence-electron chi connectivity index (χ0n) is 8.87. The Bertz CT molecular complexity index is 501. The van der Waals surface area contributed by atoms with Crippen LogP contribution in [0.2, 0.25) is 0 Å². The van der Waals surface area contributed by atoms with Gasteiger partial charge in [-0.2, -0.15) is 0 Å². The third kappa shape index (κ3) is 2.97. The summed E-state index contributed by atoms with van der Waals surface area (Å²) in [6, 6.07) is 1.60. The molecule has 0 saturated heterocycles. The van der Waals surface area contributed by atoms with E-state index < -0.39 is 4.92 Å². The molecule has 0 atom stereocenters. The number of nitro groups is 1. The number of rotatable bonds is 5. The van der Waals surface area contributed by atoms with Crippen LogP contribution in [0.1, 0.15) is 5.69 Å². The van der Waals surface area contributed by atoms with Crippen molar-refractivity contribution >= 4 is 22.7 Å². The van der Waals surface area contributed by atoms with Gasteiger partial charge in [0, 0.05) is 24.5 Å². The molecule has 0 aromatic carbocycles. The fraction of sp³-hybridized carbons (Fsp3) is 0.200. The first-order valence-electron chi connectivity index (χ1n) is 4.96. The predicted octanol–water partition coefficient (Wildman–Crippen LogP) is 2.10. The second-order valence-corrected chi connectivity index (χ2v) is 4.03. The molecule has 0 spiro atoms. The molecule has 6 nitrogen and oxygen atoms in total. The second-order valence-electron chi connectivity index (χ2n) is 3.31. The van der Waals surface area contributed by atoms with E-state index in [0.29, 0.717) is 12.2 Å². The quantitative estimate of drug-likeness (QED) is 0.649. The number of thiazole rings is 1. The highest BCUT2D eigenvalue weighted by Gasteiger charge is 2.12. The van der Waals surface area contributed by atoms with Crippen LogP contribution in [0, 0.1) is 10.1 Å². The van der Waals surface area contributed by atoms with Crippen molar-refractivity contribution in [2.75, 3.05) is 11.9 Å². The molecule has 0 aliphatic heterocycles. The summed E-state index contributed by atoms with van der Waals surface area (Å²) < 4.78 is 0. The highest BCUT2D eigenvalue weighted by Crippen LogP contribution is 2.21. The van der Waals surface area contributed by atoms with E-state index in [1.165, 1.54) is 23.7 Å². The molecule has 0 radical (unpaired) electrons. The lowest BCUT2D eigenvalue weighted by molar-refractivity contribution is -0.384. The van der Waals surface area contributed by atoms with E-state index in [2.05, 4.69) is 15.3 Å². The molecule has 0 saturated carbocycles. The van der Waals surface area contributed by atoms with Gasteiger partial charge in [-0.3, -0.25) is 15.1 Å². The predicted molar refractivity (Wildman–Crippen MR) is 65.2 cm³/mol. The summed E-state index contributed by atoms with van der Waals surface area (Å²) in [7, 11) is 0. The molecule has 0 fully saturated rings. The number of hydrogen-bond donors (Lipinski definition) is 1. The molecule has 2 aromatic rings. The van der Waals surface area contributed by atoms with Crippen molar-refractivity contribution < 1.29 is 4.92 Å². The van der Waals surface area contributed by atoms with Crippen LogP contribution in [0.15, 0.2) is 29.4 Å². The Hall–Kier alpha value is -2.02. The van der Waals surface area contributed by atoms with Crippen molar-refractivity contribution in [3.05, 3.63) is 45.2 Å². The number of nitrogens with zero attached hydrogens (tertiary/aromatic N) is 3. The highest BCUT2D eigenvalue weighted by molar-refractivity contribution is 7.07. The van der Waals surface area contributed by atoms with E-state index in [0.717, 1.165) is 12.1 Å². The Kier molecular flexibility index (Phi) is 3.61. The van der Waals surface area contributed by atoms with Crippen molar-refractivity contribution in [3.63, 3.8) is 0 Å². The SMILES string of the molecule is O=[N+]([O-])c1cnccc1NCCc1cscn1. The summed E-state index contributed by atoms with van der Waals surface area (Å²) >= 11 is 1.54. The topological polar surface area (TPSA) is 81.0 Å². The molecule has 7 heteroatoms. The van der Waals surface area contributed by atoms with E-state index in [1.807, 2.05) is 5.38 Å². The van der Waals surface area contributed by atoms with Gasteiger partial charge in [-0.05, 0) is 6.07 Å². The van der Waals surface area contributed by atoms with E-state index in [4.69, 9.17) is 0 Å². The Morgan fingerprint density at radius 3 is 3.12 bits per heavy atom. The summed E-state index contributed by atoms with van der Waals surface area (Å²) in [5.41, 5.74) is 3.23. The molecule has 17 heavy (non-hydrogen) atoms. The molecular weight excluding hydrogens is 240 g/mol. The van der Waals surface area contributed by atoms with Crippen molar-refractivity contribution in [2.45, 2.75) is 6.42 Å². The minimum absolute atomic E-state index is 0.00854. The molecule has 2 rings (SSSR count). The number of nitrogens with one attached hydrogen (secondary N) is 1. The molecule has 1 N–H and O–H groups in total. The number of aromatic nitrogens is 2. The van der Waals surface area contributed by atoms with Gasteiger partial charge in [0.1, 0.15) is 11.9 Å². The number of anilines is 1. The summed E-state index contributed by atoms with van der Waals surface area (Å²) in [6.07, 6.45) is 3.51. The zero-order chi connectivity index (χ0) is 12.1. The Balaban J connectivity index is 1.97. The van der Waals surface area contributed by atoms with Crippen LogP contribution in [0.4, 0.5) is 11.4 Å². The Labute approximate surface area is 102 Å². The Morgan fingerprint density at radius 1 is 1.53 bits per heavy atom. The fourth-order valence-electron chi connectivity index (χ4n) is 1.37. The van der Waals surface area contributed by atoms with Gasteiger partial charge in [0.15, 0.2) is 0 Å². The Morgan fingerprint density at radius 2 is 2.41 bits per heavy atom. The van der Waals surface area contributed by atoms with Crippen molar-refractivity contribution in [1.29, 1.82) is 0 Å². The van der Waals surface area contributed by atoms with Crippen molar-refractivity contribution in [1.82, 2.24) is 9.97 Å². The molecular formula is C10H10N4O2S. The van der Waals surface area contributed by atoms with Crippen LogP contribution in [-0.2, 0) is 6.42 Å². The first kappa shape index (κ1) is 11.5. The molecule has 0 unspecified atom stereocenters. The van der Waals surface area contributed by atoms with E-state index in [-0.39, 0.29) is 5.69 Å². The first-order valence-corrected chi connectivity index (χ1v) is 5.91. The normalized spacial score (nSPS) is 10.1. The van der Waals surface area contributed by atoms with E-state index in [1.54, 1.807) is 11.6 Å². The lowest BCUT2D eigenvalue weighted by atomic mass is 10.3. The summed E-state index contributed by atoms with van der Waals surface area (Å²) in [5, 5.41) is 15.7. The average Bonchev–Trinajstić information content (AvgIpc) is 2.82. The average molecular weight is 250 g/mol. The monoisotopic (exact) mass is 250 g/mol. The first-order chi connectivity index (χ1) is 8.27. The van der Waals surface area contributed by atoms with Gasteiger partial charge in [-0.1, -0.05) is 0 Å². The fourth-order valence-corrected chi connectivity index (χ4v) is 1.96. The van der Waals surface area contributed by atoms with Gasteiger partial charge in [0.05, 0.1) is 16.1 Å². The minimum atomic E-state index is -0.446. The molecule has 0 aliphatic carbocycles. The number of hydrogen-bond acceptors (Lipinski definition) is 6. The lowest BCUT2D eigenvalue weighted by Gasteiger charge is -2.04. The highest BCUT2D eigenvalue weighted by atomic mass is 32.1. The molecule has 2 aromatic heterocycles. The van der Waals surface area contributed by atoms with Crippen molar-refractivity contribution in [2.24, 2.45) is 0 Å². The number of pyridine rings is 1. The third-order valence-electron chi connectivity index (χ3n) is 2.18. The molecule has 88 valence electrons. The second kappa shape index (κ2) is 5.35. The van der Waals surface area contributed by atoms with Gasteiger partial charge < -0.3 is 5.32 Å². The third-order valence-corrected chi connectivity index (χ3v) is 2.81. The summed E-state index contributed by atoms with van der Waals surface area (Å²) in [4.78, 5) is 18.2. The van der Waals surface area contributed by atoms with Gasteiger partial charge in [0.25, 0.3) is 0 Å². The standard InChI is InChI=1S/C10H10N4O2S/c15-14(16)10-5-11-3-2-9(10)12-4-1-8-6-17-7-13-8/h2-3,5-7H,1,4H2,(H,11,12). The maximum atomic E-state index is 10.7. The van der Waals surface area contributed by atoms with Crippen LogP contribution in [0.3, 0.4) is 0 Å². The molecule has 0 aliphatic rings. The van der Waals surface area contributed by atoms with Gasteiger partial charge in [0.2, 0.25) is 0 Å². The molecule has 0 bridgehead atoms. The van der Waals surface area contributed by atoms with Gasteiger partial charge in [-0.15, -0.1) is 11.3 Å². The summed E-state index contributed by atoms with van der Waals surface area (Å²) in [6.45, 7) is 0.606. The zero-order valence-corrected chi connectivity index (χ0v) is 9.68. The van der Waals surface area contributed by atoms with E-state index in [9.17, 15) is 10.1 Å². The van der Waals surface area contributed by atoms with Crippen LogP contribution >= 0.6 is 11.3 Å². The maximum absolute atomic E-state index is 10.7. The van der Waals surface area contributed by atoms with Gasteiger partial charge >= 0.3 is 5.69 Å². The van der Waals surface area contributed by atoms with Crippen LogP contribution < -0.4 is 5.32 Å². The largest absolute Gasteiger partial charge is 0.379 e. The molecule has 2 heterocycles. The van der Waals surface area contributed by atoms with Crippen LogP contribution in [0.5, 0.6) is 0 Å². The summed E-state index contributed by atoms with van der Waals surface area (Å²) in [5.74, 6) is 0. The van der Waals surface area contributed by atoms with Crippen molar-refractivity contribution in [3.8, 4) is 0 Å². The minimum Gasteiger partial charge on any atom is -0.379 e. The van der Waals surface area contributed by atoms with Gasteiger partial charge in [-0.25, -0.2) is 4.98 Å². The van der Waals surface area contributed by atoms with E-state index >= 15 is 0 Å². The maximum Gasteiger partial charge on any atom is 0.310 e. The van der Waals surface area contributed by atoms with Crippen LogP contribution in [0.25, 0.3) is 0 Å². The molecule has 0 amide bonds. The smallest absolute Gasteiger partial charge is 0.310 e. The lowest BCUT2D eigenvalue weighted by Crippen LogP contribution is -2.07.